The Morgan fingerprint density at radius 3 is 2.62 bits per heavy atom. The minimum atomic E-state index is -0.0200. The summed E-state index contributed by atoms with van der Waals surface area (Å²) >= 11 is 0. The Kier molecular flexibility index (Phi) is 4.56. The standard InChI is InChI=1S/C11H21N2O2P/c14-11(13-4-6-15-7-5-13)10(12-16)8-9-2-1-3-9/h9-10,12H,1-8,16H2. The maximum absolute atomic E-state index is 12.2. The van der Waals surface area contributed by atoms with Crippen molar-refractivity contribution < 1.29 is 9.53 Å². The van der Waals surface area contributed by atoms with Crippen molar-refractivity contribution in [3.63, 3.8) is 0 Å². The summed E-state index contributed by atoms with van der Waals surface area (Å²) in [5, 5.41) is 3.08. The molecule has 2 unspecified atom stereocenters. The summed E-state index contributed by atoms with van der Waals surface area (Å²) in [5.74, 6) is 0.994. The number of ether oxygens (including phenoxy) is 1. The van der Waals surface area contributed by atoms with Crippen molar-refractivity contribution in [2.45, 2.75) is 31.7 Å². The largest absolute Gasteiger partial charge is 0.378 e. The van der Waals surface area contributed by atoms with Gasteiger partial charge in [-0.25, -0.2) is 0 Å². The van der Waals surface area contributed by atoms with Crippen LogP contribution in [0.1, 0.15) is 25.7 Å². The first-order valence-electron chi connectivity index (χ1n) is 6.14. The monoisotopic (exact) mass is 244 g/mol. The molecule has 0 aromatic rings. The number of nitrogens with zero attached hydrogens (tertiary/aromatic N) is 1. The Balaban J connectivity index is 1.83. The average Bonchev–Trinajstić information content (AvgIpc) is 2.28. The van der Waals surface area contributed by atoms with E-state index >= 15 is 0 Å². The van der Waals surface area contributed by atoms with E-state index in [0.29, 0.717) is 13.2 Å². The number of carbonyl (C=O) groups is 1. The quantitative estimate of drug-likeness (QED) is 0.743. The molecule has 0 radical (unpaired) electrons. The molecular weight excluding hydrogens is 223 g/mol. The topological polar surface area (TPSA) is 41.6 Å². The van der Waals surface area contributed by atoms with Gasteiger partial charge in [-0.3, -0.25) is 9.88 Å². The molecular formula is C11H21N2O2P. The van der Waals surface area contributed by atoms with E-state index in [0.717, 1.165) is 25.4 Å². The van der Waals surface area contributed by atoms with E-state index in [4.69, 9.17) is 4.74 Å². The molecule has 2 aliphatic rings. The fraction of sp³-hybridized carbons (Fsp3) is 0.909. The van der Waals surface area contributed by atoms with Crippen LogP contribution in [0.5, 0.6) is 0 Å². The molecule has 0 bridgehead atoms. The third-order valence-electron chi connectivity index (χ3n) is 3.62. The Hall–Kier alpha value is -0.180. The van der Waals surface area contributed by atoms with Gasteiger partial charge in [-0.15, -0.1) is 0 Å². The summed E-state index contributed by atoms with van der Waals surface area (Å²) < 4.78 is 5.26. The van der Waals surface area contributed by atoms with Gasteiger partial charge < -0.3 is 9.64 Å². The fourth-order valence-corrected chi connectivity index (χ4v) is 2.58. The Morgan fingerprint density at radius 1 is 1.44 bits per heavy atom. The lowest BCUT2D eigenvalue weighted by Gasteiger charge is -2.33. The Bertz CT molecular complexity index is 240. The minimum Gasteiger partial charge on any atom is -0.378 e. The molecule has 1 N–H and O–H groups in total. The Labute approximate surface area is 99.3 Å². The highest BCUT2D eigenvalue weighted by molar-refractivity contribution is 7.13. The van der Waals surface area contributed by atoms with Crippen LogP contribution in [0.4, 0.5) is 0 Å². The van der Waals surface area contributed by atoms with Crippen LogP contribution in [-0.2, 0) is 9.53 Å². The predicted molar refractivity (Wildman–Crippen MR) is 66.0 cm³/mol. The number of hydrogen-bond acceptors (Lipinski definition) is 3. The van der Waals surface area contributed by atoms with E-state index in [1.165, 1.54) is 19.3 Å². The number of rotatable bonds is 4. The number of amides is 1. The van der Waals surface area contributed by atoms with Gasteiger partial charge in [0.15, 0.2) is 0 Å². The first-order chi connectivity index (χ1) is 7.81. The van der Waals surface area contributed by atoms with Gasteiger partial charge in [-0.2, -0.15) is 0 Å². The average molecular weight is 244 g/mol. The summed E-state index contributed by atoms with van der Waals surface area (Å²) in [6.45, 7) is 2.84. The lowest BCUT2D eigenvalue weighted by atomic mass is 9.81. The highest BCUT2D eigenvalue weighted by Gasteiger charge is 2.29. The smallest absolute Gasteiger partial charge is 0.240 e. The van der Waals surface area contributed by atoms with Crippen LogP contribution in [0.15, 0.2) is 0 Å². The number of carbonyl (C=O) groups excluding carboxylic acids is 1. The third kappa shape index (κ3) is 2.93. The number of nitrogens with one attached hydrogen (secondary N) is 1. The second kappa shape index (κ2) is 5.95. The SMILES string of the molecule is O=C(C(CC1CCC1)NP)N1CCOCC1. The lowest BCUT2D eigenvalue weighted by molar-refractivity contribution is -0.137. The van der Waals surface area contributed by atoms with Crippen molar-refractivity contribution in [2.75, 3.05) is 26.3 Å². The molecule has 92 valence electrons. The highest BCUT2D eigenvalue weighted by Crippen LogP contribution is 2.31. The van der Waals surface area contributed by atoms with Crippen molar-refractivity contribution in [2.24, 2.45) is 5.92 Å². The van der Waals surface area contributed by atoms with Crippen LogP contribution in [-0.4, -0.2) is 43.2 Å². The molecule has 1 amide bonds. The molecule has 0 spiro atoms. The zero-order valence-electron chi connectivity index (χ0n) is 9.65. The van der Waals surface area contributed by atoms with Crippen LogP contribution in [0.3, 0.4) is 0 Å². The summed E-state index contributed by atoms with van der Waals surface area (Å²) in [4.78, 5) is 14.1. The van der Waals surface area contributed by atoms with Crippen molar-refractivity contribution in [1.29, 1.82) is 0 Å². The molecule has 2 fully saturated rings. The van der Waals surface area contributed by atoms with Gasteiger partial charge in [-0.05, 0) is 12.3 Å². The summed E-state index contributed by atoms with van der Waals surface area (Å²) in [7, 11) is 2.49. The molecule has 0 aromatic heterocycles. The minimum absolute atomic E-state index is 0.0200. The Morgan fingerprint density at radius 2 is 2.12 bits per heavy atom. The van der Waals surface area contributed by atoms with Crippen LogP contribution in [0, 0.1) is 5.92 Å². The third-order valence-corrected chi connectivity index (χ3v) is 4.02. The molecule has 16 heavy (non-hydrogen) atoms. The second-order valence-electron chi connectivity index (χ2n) is 4.69. The molecule has 1 aliphatic carbocycles. The maximum Gasteiger partial charge on any atom is 0.240 e. The van der Waals surface area contributed by atoms with Crippen LogP contribution in [0.25, 0.3) is 0 Å². The van der Waals surface area contributed by atoms with Crippen LogP contribution >= 0.6 is 9.39 Å². The van der Waals surface area contributed by atoms with E-state index in [1.54, 1.807) is 0 Å². The zero-order chi connectivity index (χ0) is 11.4. The molecule has 5 heteroatoms. The van der Waals surface area contributed by atoms with E-state index in [9.17, 15) is 4.79 Å². The summed E-state index contributed by atoms with van der Waals surface area (Å²) in [6.07, 6.45) is 4.90. The van der Waals surface area contributed by atoms with Crippen molar-refractivity contribution in [1.82, 2.24) is 9.99 Å². The second-order valence-corrected chi connectivity index (χ2v) is 5.02. The van der Waals surface area contributed by atoms with Gasteiger partial charge in [-0.1, -0.05) is 28.7 Å². The van der Waals surface area contributed by atoms with Crippen molar-refractivity contribution in [3.8, 4) is 0 Å². The molecule has 1 heterocycles. The first-order valence-corrected chi connectivity index (χ1v) is 6.71. The summed E-state index contributed by atoms with van der Waals surface area (Å²) in [5.41, 5.74) is 0. The van der Waals surface area contributed by atoms with Crippen molar-refractivity contribution in [3.05, 3.63) is 0 Å². The van der Waals surface area contributed by atoms with Gasteiger partial charge in [0.05, 0.1) is 19.3 Å². The molecule has 1 saturated heterocycles. The first kappa shape index (κ1) is 12.3. The fourth-order valence-electron chi connectivity index (χ4n) is 2.31. The number of morpholine rings is 1. The van der Waals surface area contributed by atoms with Gasteiger partial charge >= 0.3 is 0 Å². The lowest BCUT2D eigenvalue weighted by Crippen LogP contribution is -2.49. The molecule has 4 nitrogen and oxygen atoms in total. The van der Waals surface area contributed by atoms with Gasteiger partial charge in [0, 0.05) is 13.1 Å². The molecule has 1 aliphatic heterocycles. The predicted octanol–water partition coefficient (Wildman–Crippen LogP) is 0.784. The van der Waals surface area contributed by atoms with E-state index in [2.05, 4.69) is 14.5 Å². The van der Waals surface area contributed by atoms with Gasteiger partial charge in [0.1, 0.15) is 0 Å². The van der Waals surface area contributed by atoms with E-state index in [1.807, 2.05) is 4.90 Å². The van der Waals surface area contributed by atoms with Gasteiger partial charge in [0.2, 0.25) is 5.91 Å². The molecule has 2 atom stereocenters. The summed E-state index contributed by atoms with van der Waals surface area (Å²) in [6, 6.07) is -0.0200. The van der Waals surface area contributed by atoms with Crippen LogP contribution in [0.2, 0.25) is 0 Å². The molecule has 0 aromatic carbocycles. The normalized spacial score (nSPS) is 23.9. The van der Waals surface area contributed by atoms with Gasteiger partial charge in [0.25, 0.3) is 0 Å². The van der Waals surface area contributed by atoms with Crippen LogP contribution < -0.4 is 5.09 Å². The molecule has 2 rings (SSSR count). The van der Waals surface area contributed by atoms with E-state index in [-0.39, 0.29) is 11.9 Å². The highest BCUT2D eigenvalue weighted by atomic mass is 31.0. The maximum atomic E-state index is 12.2. The van der Waals surface area contributed by atoms with Crippen molar-refractivity contribution >= 4 is 15.3 Å². The molecule has 1 saturated carbocycles. The van der Waals surface area contributed by atoms with E-state index < -0.39 is 0 Å². The zero-order valence-corrected chi connectivity index (χ0v) is 10.8. The number of hydrogen-bond donors (Lipinski definition) is 1.